The largest absolute Gasteiger partial charge is 0.573 e. The van der Waals surface area contributed by atoms with E-state index in [9.17, 15) is 22.4 Å². The second kappa shape index (κ2) is 5.82. The number of hydrogen-bond acceptors (Lipinski definition) is 2. The highest BCUT2D eigenvalue weighted by atomic mass is 19.4. The molecule has 3 nitrogen and oxygen atoms in total. The number of nitrogens with one attached hydrogen (secondary N) is 1. The summed E-state index contributed by atoms with van der Waals surface area (Å²) in [6, 6.07) is 9.86. The molecule has 0 aliphatic carbocycles. The van der Waals surface area contributed by atoms with Crippen LogP contribution >= 0.6 is 0 Å². The zero-order chi connectivity index (χ0) is 15.5. The number of carbonyl (C=O) groups excluding carboxylic acids is 1. The normalized spacial score (nSPS) is 11.0. The van der Waals surface area contributed by atoms with Gasteiger partial charge in [0.25, 0.3) is 5.91 Å². The van der Waals surface area contributed by atoms with E-state index in [0.717, 1.165) is 24.3 Å². The average molecular weight is 299 g/mol. The van der Waals surface area contributed by atoms with E-state index in [-0.39, 0.29) is 11.3 Å². The van der Waals surface area contributed by atoms with Crippen LogP contribution in [0.2, 0.25) is 0 Å². The first kappa shape index (κ1) is 14.8. The molecule has 7 heteroatoms. The van der Waals surface area contributed by atoms with Gasteiger partial charge in [-0.25, -0.2) is 4.39 Å². The summed E-state index contributed by atoms with van der Waals surface area (Å²) < 4.78 is 53.0. The molecule has 0 saturated heterocycles. The molecule has 110 valence electrons. The molecule has 0 unspecified atom stereocenters. The number of ether oxygens (including phenoxy) is 1. The van der Waals surface area contributed by atoms with Gasteiger partial charge in [-0.2, -0.15) is 0 Å². The van der Waals surface area contributed by atoms with Crippen molar-refractivity contribution in [3.05, 3.63) is 59.9 Å². The Balaban J connectivity index is 2.08. The van der Waals surface area contributed by atoms with Crippen LogP contribution in [0, 0.1) is 5.82 Å². The summed E-state index contributed by atoms with van der Waals surface area (Å²) in [5, 5.41) is 2.32. The Hall–Kier alpha value is -2.57. The highest BCUT2D eigenvalue weighted by molar-refractivity contribution is 6.04. The van der Waals surface area contributed by atoms with Gasteiger partial charge in [-0.1, -0.05) is 12.1 Å². The molecule has 2 rings (SSSR count). The lowest BCUT2D eigenvalue weighted by Gasteiger charge is -2.09. The lowest BCUT2D eigenvalue weighted by atomic mass is 10.2. The van der Waals surface area contributed by atoms with Crippen LogP contribution in [-0.4, -0.2) is 12.3 Å². The minimum Gasteiger partial charge on any atom is -0.406 e. The molecule has 0 bridgehead atoms. The van der Waals surface area contributed by atoms with E-state index >= 15 is 0 Å². The van der Waals surface area contributed by atoms with Crippen molar-refractivity contribution in [3.63, 3.8) is 0 Å². The summed E-state index contributed by atoms with van der Waals surface area (Å²) in [6.07, 6.45) is -4.79. The summed E-state index contributed by atoms with van der Waals surface area (Å²) in [4.78, 5) is 11.8. The van der Waals surface area contributed by atoms with E-state index < -0.39 is 23.8 Å². The smallest absolute Gasteiger partial charge is 0.406 e. The van der Waals surface area contributed by atoms with Gasteiger partial charge in [0.15, 0.2) is 0 Å². The van der Waals surface area contributed by atoms with Gasteiger partial charge in [0, 0.05) is 5.56 Å². The number of rotatable bonds is 3. The summed E-state index contributed by atoms with van der Waals surface area (Å²) in [7, 11) is 0. The van der Waals surface area contributed by atoms with Crippen molar-refractivity contribution in [1.29, 1.82) is 0 Å². The Morgan fingerprint density at radius 2 is 1.62 bits per heavy atom. The molecule has 0 atom stereocenters. The van der Waals surface area contributed by atoms with Crippen LogP contribution in [0.3, 0.4) is 0 Å². The van der Waals surface area contributed by atoms with Crippen LogP contribution in [0.4, 0.5) is 23.2 Å². The number of para-hydroxylation sites is 1. The van der Waals surface area contributed by atoms with Crippen LogP contribution in [0.5, 0.6) is 5.75 Å². The van der Waals surface area contributed by atoms with Gasteiger partial charge in [-0.05, 0) is 36.4 Å². The van der Waals surface area contributed by atoms with Crippen molar-refractivity contribution in [1.82, 2.24) is 0 Å². The van der Waals surface area contributed by atoms with Gasteiger partial charge < -0.3 is 10.1 Å². The number of alkyl halides is 3. The van der Waals surface area contributed by atoms with Gasteiger partial charge in [0.1, 0.15) is 11.6 Å². The lowest BCUT2D eigenvalue weighted by Crippen LogP contribution is -2.17. The highest BCUT2D eigenvalue weighted by Crippen LogP contribution is 2.23. The van der Waals surface area contributed by atoms with Crippen molar-refractivity contribution in [2.24, 2.45) is 0 Å². The fraction of sp³-hybridized carbons (Fsp3) is 0.0714. The number of benzene rings is 2. The second-order valence-electron chi connectivity index (χ2n) is 4.01. The van der Waals surface area contributed by atoms with Crippen molar-refractivity contribution in [2.45, 2.75) is 6.36 Å². The molecule has 0 aromatic heterocycles. The number of amides is 1. The van der Waals surface area contributed by atoms with Gasteiger partial charge in [0.2, 0.25) is 0 Å². The molecule has 2 aromatic rings. The third-order valence-corrected chi connectivity index (χ3v) is 2.47. The van der Waals surface area contributed by atoms with Crippen molar-refractivity contribution >= 4 is 11.6 Å². The number of halogens is 4. The van der Waals surface area contributed by atoms with Crippen LogP contribution < -0.4 is 10.1 Å². The van der Waals surface area contributed by atoms with Crippen LogP contribution in [0.15, 0.2) is 48.5 Å². The van der Waals surface area contributed by atoms with Crippen LogP contribution in [-0.2, 0) is 0 Å². The summed E-state index contributed by atoms with van der Waals surface area (Å²) in [5.74, 6) is -1.69. The molecular formula is C14H9F4NO2. The molecule has 2 aromatic carbocycles. The number of anilines is 1. The molecule has 0 radical (unpaired) electrons. The lowest BCUT2D eigenvalue weighted by molar-refractivity contribution is -0.274. The third kappa shape index (κ3) is 4.20. The molecule has 0 fully saturated rings. The Morgan fingerprint density at radius 1 is 1.00 bits per heavy atom. The topological polar surface area (TPSA) is 38.3 Å². The van der Waals surface area contributed by atoms with Crippen molar-refractivity contribution in [2.75, 3.05) is 5.32 Å². The molecule has 0 heterocycles. The summed E-state index contributed by atoms with van der Waals surface area (Å²) in [5.41, 5.74) is 0.0610. The first-order chi connectivity index (χ1) is 9.85. The van der Waals surface area contributed by atoms with Crippen LogP contribution in [0.25, 0.3) is 0 Å². The average Bonchev–Trinajstić information content (AvgIpc) is 2.40. The third-order valence-electron chi connectivity index (χ3n) is 2.47. The summed E-state index contributed by atoms with van der Waals surface area (Å²) >= 11 is 0. The van der Waals surface area contributed by atoms with E-state index in [1.807, 2.05) is 0 Å². The van der Waals surface area contributed by atoms with Gasteiger partial charge >= 0.3 is 6.36 Å². The van der Waals surface area contributed by atoms with E-state index in [4.69, 9.17) is 0 Å². The molecular weight excluding hydrogens is 290 g/mol. The molecule has 1 amide bonds. The molecule has 0 aliphatic rings. The summed E-state index contributed by atoms with van der Waals surface area (Å²) in [6.45, 7) is 0. The van der Waals surface area contributed by atoms with Crippen molar-refractivity contribution in [3.8, 4) is 5.75 Å². The first-order valence-electron chi connectivity index (χ1n) is 5.77. The van der Waals surface area contributed by atoms with Crippen molar-refractivity contribution < 1.29 is 27.1 Å². The second-order valence-corrected chi connectivity index (χ2v) is 4.01. The number of hydrogen-bond donors (Lipinski definition) is 1. The minimum absolute atomic E-state index is 0.0156. The quantitative estimate of drug-likeness (QED) is 0.871. The van der Waals surface area contributed by atoms with Crippen LogP contribution in [0.1, 0.15) is 10.4 Å². The molecule has 0 aliphatic heterocycles. The monoisotopic (exact) mass is 299 g/mol. The molecule has 0 spiro atoms. The molecule has 1 N–H and O–H groups in total. The Bertz CT molecular complexity index is 638. The van der Waals surface area contributed by atoms with Gasteiger partial charge in [-0.15, -0.1) is 13.2 Å². The first-order valence-corrected chi connectivity index (χ1v) is 5.77. The predicted molar refractivity (Wildman–Crippen MR) is 67.5 cm³/mol. The zero-order valence-corrected chi connectivity index (χ0v) is 10.4. The van der Waals surface area contributed by atoms with E-state index in [1.165, 1.54) is 18.2 Å². The van der Waals surface area contributed by atoms with E-state index in [0.29, 0.717) is 0 Å². The SMILES string of the molecule is O=C(Nc1ccccc1F)c1ccc(OC(F)(F)F)cc1. The Morgan fingerprint density at radius 3 is 2.19 bits per heavy atom. The van der Waals surface area contributed by atoms with E-state index in [1.54, 1.807) is 6.07 Å². The standard InChI is InChI=1S/C14H9F4NO2/c15-11-3-1-2-4-12(11)19-13(20)9-5-7-10(8-6-9)21-14(16,17)18/h1-8H,(H,19,20). The Kier molecular flexibility index (Phi) is 4.11. The maximum atomic E-state index is 13.4. The molecule has 21 heavy (non-hydrogen) atoms. The highest BCUT2D eigenvalue weighted by Gasteiger charge is 2.31. The predicted octanol–water partition coefficient (Wildman–Crippen LogP) is 3.98. The maximum Gasteiger partial charge on any atom is 0.573 e. The maximum absolute atomic E-state index is 13.4. The molecule has 0 saturated carbocycles. The minimum atomic E-state index is -4.79. The van der Waals surface area contributed by atoms with Gasteiger partial charge in [0.05, 0.1) is 5.69 Å². The van der Waals surface area contributed by atoms with E-state index in [2.05, 4.69) is 10.1 Å². The Labute approximate surface area is 117 Å². The van der Waals surface area contributed by atoms with Gasteiger partial charge in [-0.3, -0.25) is 4.79 Å². The fourth-order valence-electron chi connectivity index (χ4n) is 1.57. The zero-order valence-electron chi connectivity index (χ0n) is 10.4. The number of carbonyl (C=O) groups is 1. The fourth-order valence-corrected chi connectivity index (χ4v) is 1.57.